The minimum absolute atomic E-state index is 0.00849. The molecule has 0 unspecified atom stereocenters. The molecule has 0 saturated carbocycles. The summed E-state index contributed by atoms with van der Waals surface area (Å²) in [5, 5.41) is -0.742. The molecule has 0 bridgehead atoms. The largest absolute Gasteiger partial charge is 0.276 e. The van der Waals surface area contributed by atoms with E-state index in [0.717, 1.165) is 6.08 Å². The highest BCUT2D eigenvalue weighted by atomic mass is 35.5. The molecule has 0 atom stereocenters. The molecule has 0 aliphatic heterocycles. The van der Waals surface area contributed by atoms with Crippen LogP contribution < -0.4 is 0 Å². The van der Waals surface area contributed by atoms with Gasteiger partial charge in [-0.05, 0) is 17.7 Å². The van der Waals surface area contributed by atoms with Crippen molar-refractivity contribution < 1.29 is 9.18 Å². The summed E-state index contributed by atoms with van der Waals surface area (Å²) in [5.74, 6) is -0.719. The highest BCUT2D eigenvalue weighted by Crippen LogP contribution is 2.05. The molecule has 0 aromatic carbocycles. The van der Waals surface area contributed by atoms with E-state index in [1.807, 2.05) is 0 Å². The van der Waals surface area contributed by atoms with Gasteiger partial charge in [-0.1, -0.05) is 19.2 Å². The number of allylic oxidation sites excluding steroid dienone is 4. The summed E-state index contributed by atoms with van der Waals surface area (Å²) in [6.07, 6.45) is 2.09. The minimum Gasteiger partial charge on any atom is -0.276 e. The number of halogens is 2. The van der Waals surface area contributed by atoms with Gasteiger partial charge < -0.3 is 0 Å². The Morgan fingerprint density at radius 3 is 2.20 bits per heavy atom. The Labute approximate surface area is 63.5 Å². The molecule has 0 heterocycles. The van der Waals surface area contributed by atoms with E-state index < -0.39 is 11.1 Å². The highest BCUT2D eigenvalue weighted by molar-refractivity contribution is 6.68. The average molecular weight is 161 g/mol. The fraction of sp³-hybridized carbons (Fsp3) is 0. The van der Waals surface area contributed by atoms with Crippen molar-refractivity contribution in [2.75, 3.05) is 0 Å². The summed E-state index contributed by atoms with van der Waals surface area (Å²) in [6, 6.07) is 0. The van der Waals surface area contributed by atoms with Gasteiger partial charge in [0.15, 0.2) is 0 Å². The normalized spacial score (nSPS) is 10.8. The van der Waals surface area contributed by atoms with Crippen molar-refractivity contribution >= 4 is 16.8 Å². The molecule has 0 aliphatic rings. The maximum atomic E-state index is 12.0. The van der Waals surface area contributed by atoms with Crippen LogP contribution in [0.4, 0.5) is 4.39 Å². The van der Waals surface area contributed by atoms with Gasteiger partial charge in [0.25, 0.3) is 5.24 Å². The summed E-state index contributed by atoms with van der Waals surface area (Å²) < 4.78 is 12.0. The summed E-state index contributed by atoms with van der Waals surface area (Å²) in [5.41, 5.74) is 0.00849. The summed E-state index contributed by atoms with van der Waals surface area (Å²) in [6.45, 7) is 6.18. The molecule has 0 N–H and O–H groups in total. The van der Waals surface area contributed by atoms with Crippen molar-refractivity contribution in [2.45, 2.75) is 0 Å². The van der Waals surface area contributed by atoms with Crippen molar-refractivity contribution in [3.8, 4) is 0 Å². The Morgan fingerprint density at radius 2 is 2.10 bits per heavy atom. The lowest BCUT2D eigenvalue weighted by Crippen LogP contribution is -1.88. The zero-order chi connectivity index (χ0) is 8.15. The molecular formula is C7H6ClFO. The molecule has 0 aliphatic carbocycles. The molecule has 0 aromatic heterocycles. The lowest BCUT2D eigenvalue weighted by molar-refractivity contribution is -0.108. The van der Waals surface area contributed by atoms with Crippen molar-refractivity contribution in [3.63, 3.8) is 0 Å². The zero-order valence-electron chi connectivity index (χ0n) is 5.23. The lowest BCUT2D eigenvalue weighted by atomic mass is 10.2. The Hall–Kier alpha value is -0.890. The molecule has 0 rings (SSSR count). The van der Waals surface area contributed by atoms with E-state index in [4.69, 9.17) is 11.6 Å². The molecule has 1 nitrogen and oxygen atoms in total. The first-order valence-corrected chi connectivity index (χ1v) is 2.84. The van der Waals surface area contributed by atoms with E-state index in [0.29, 0.717) is 0 Å². The van der Waals surface area contributed by atoms with E-state index in [1.165, 1.54) is 6.08 Å². The fourth-order valence-electron chi connectivity index (χ4n) is 0.365. The zero-order valence-corrected chi connectivity index (χ0v) is 5.99. The summed E-state index contributed by atoms with van der Waals surface area (Å²) >= 11 is 5.00. The lowest BCUT2D eigenvalue weighted by Gasteiger charge is -1.89. The third kappa shape index (κ3) is 3.20. The quantitative estimate of drug-likeness (QED) is 0.352. The molecule has 0 spiro atoms. The van der Waals surface area contributed by atoms with Gasteiger partial charge in [0.2, 0.25) is 0 Å². The van der Waals surface area contributed by atoms with Crippen LogP contribution in [-0.4, -0.2) is 5.24 Å². The van der Waals surface area contributed by atoms with Crippen LogP contribution in [0.3, 0.4) is 0 Å². The van der Waals surface area contributed by atoms with E-state index >= 15 is 0 Å². The summed E-state index contributed by atoms with van der Waals surface area (Å²) in [4.78, 5) is 10.3. The highest BCUT2D eigenvalue weighted by Gasteiger charge is 2.00. The van der Waals surface area contributed by atoms with Crippen molar-refractivity contribution in [1.82, 2.24) is 0 Å². The molecule has 54 valence electrons. The van der Waals surface area contributed by atoms with Gasteiger partial charge in [-0.3, -0.25) is 4.79 Å². The standard InChI is InChI=1S/C7H6ClFO/c1-3-6(7(8)10)4-5(2)9/h3-4H,1-2H2/b6-4+. The van der Waals surface area contributed by atoms with Crippen LogP contribution in [0.5, 0.6) is 0 Å². The van der Waals surface area contributed by atoms with Gasteiger partial charge in [-0.15, -0.1) is 0 Å². The van der Waals surface area contributed by atoms with Crippen molar-refractivity contribution in [3.05, 3.63) is 36.7 Å². The molecule has 0 fully saturated rings. The fourth-order valence-corrected chi connectivity index (χ4v) is 0.496. The molecule has 0 saturated heterocycles. The molecule has 3 heteroatoms. The first-order chi connectivity index (χ1) is 4.57. The van der Waals surface area contributed by atoms with Crippen LogP contribution >= 0.6 is 11.6 Å². The topological polar surface area (TPSA) is 17.1 Å². The molecule has 0 aromatic rings. The molecule has 10 heavy (non-hydrogen) atoms. The van der Waals surface area contributed by atoms with Gasteiger partial charge in [-0.2, -0.15) is 0 Å². The Morgan fingerprint density at radius 1 is 1.60 bits per heavy atom. The van der Waals surface area contributed by atoms with E-state index in [9.17, 15) is 9.18 Å². The number of rotatable bonds is 3. The molecular weight excluding hydrogens is 155 g/mol. The SMILES string of the molecule is C=C/C(=C\C(=C)F)C(=O)Cl. The second-order valence-corrected chi connectivity index (χ2v) is 1.87. The predicted octanol–water partition coefficient (Wildman–Crippen LogP) is 2.35. The third-order valence-corrected chi connectivity index (χ3v) is 0.977. The first kappa shape index (κ1) is 9.11. The molecule has 0 radical (unpaired) electrons. The summed E-state index contributed by atoms with van der Waals surface area (Å²) in [7, 11) is 0. The van der Waals surface area contributed by atoms with Gasteiger partial charge >= 0.3 is 0 Å². The van der Waals surface area contributed by atoms with Gasteiger partial charge in [0.05, 0.1) is 0 Å². The Bertz CT molecular complexity index is 206. The van der Waals surface area contributed by atoms with Crippen molar-refractivity contribution in [2.24, 2.45) is 0 Å². The monoisotopic (exact) mass is 160 g/mol. The van der Waals surface area contributed by atoms with Gasteiger partial charge in [-0.25, -0.2) is 4.39 Å². The number of carbonyl (C=O) groups is 1. The maximum absolute atomic E-state index is 12.0. The second-order valence-electron chi connectivity index (χ2n) is 1.52. The third-order valence-electron chi connectivity index (χ3n) is 0.759. The van der Waals surface area contributed by atoms with Crippen LogP contribution in [0.25, 0.3) is 0 Å². The maximum Gasteiger partial charge on any atom is 0.252 e. The Balaban J connectivity index is 4.49. The average Bonchev–Trinajstić information content (AvgIpc) is 1.81. The second kappa shape index (κ2) is 4.01. The van der Waals surface area contributed by atoms with Crippen LogP contribution in [0, 0.1) is 0 Å². The van der Waals surface area contributed by atoms with Crippen molar-refractivity contribution in [1.29, 1.82) is 0 Å². The predicted molar refractivity (Wildman–Crippen MR) is 39.4 cm³/mol. The van der Waals surface area contributed by atoms with Crippen LogP contribution in [0.15, 0.2) is 36.7 Å². The Kier molecular flexibility index (Phi) is 3.65. The van der Waals surface area contributed by atoms with E-state index in [-0.39, 0.29) is 5.57 Å². The van der Waals surface area contributed by atoms with Gasteiger partial charge in [0, 0.05) is 5.57 Å². The van der Waals surface area contributed by atoms with Gasteiger partial charge in [0.1, 0.15) is 5.83 Å². The smallest absolute Gasteiger partial charge is 0.252 e. The van der Waals surface area contributed by atoms with Crippen LogP contribution in [0.1, 0.15) is 0 Å². The first-order valence-electron chi connectivity index (χ1n) is 2.46. The molecule has 0 amide bonds. The van der Waals surface area contributed by atoms with E-state index in [1.54, 1.807) is 0 Å². The number of hydrogen-bond donors (Lipinski definition) is 0. The minimum atomic E-state index is -0.742. The van der Waals surface area contributed by atoms with Crippen LogP contribution in [0.2, 0.25) is 0 Å². The number of carbonyl (C=O) groups excluding carboxylic acids is 1. The van der Waals surface area contributed by atoms with Crippen LogP contribution in [-0.2, 0) is 4.79 Å². The number of hydrogen-bond acceptors (Lipinski definition) is 1. The van der Waals surface area contributed by atoms with E-state index in [2.05, 4.69) is 13.2 Å².